The van der Waals surface area contributed by atoms with Crippen LogP contribution in [-0.2, 0) is 6.54 Å². The minimum Gasteiger partial charge on any atom is -0.364 e. The maximum Gasteiger partial charge on any atom is 0.253 e. The van der Waals surface area contributed by atoms with Gasteiger partial charge in [-0.2, -0.15) is 0 Å². The van der Waals surface area contributed by atoms with Gasteiger partial charge in [0.25, 0.3) is 5.91 Å². The molecule has 2 aliphatic rings. The molecule has 0 radical (unpaired) electrons. The zero-order valence-corrected chi connectivity index (χ0v) is 14.3. The molecule has 1 aliphatic carbocycles. The van der Waals surface area contributed by atoms with Crippen LogP contribution in [0.5, 0.6) is 0 Å². The fourth-order valence-corrected chi connectivity index (χ4v) is 4.55. The number of likely N-dealkylation sites (tertiary alicyclic amines) is 1. The molecule has 1 saturated carbocycles. The number of aromatic amines is 1. The summed E-state index contributed by atoms with van der Waals surface area (Å²) < 4.78 is 4.95. The molecule has 1 saturated heterocycles. The second kappa shape index (κ2) is 5.91. The third-order valence-electron chi connectivity index (χ3n) is 5.78. The van der Waals surface area contributed by atoms with E-state index in [4.69, 9.17) is 4.52 Å². The van der Waals surface area contributed by atoms with Crippen LogP contribution in [0.4, 0.5) is 0 Å². The molecule has 0 spiro atoms. The number of carbonyl (C=O) groups is 1. The second-order valence-corrected chi connectivity index (χ2v) is 7.23. The highest BCUT2D eigenvalue weighted by atomic mass is 16.5. The van der Waals surface area contributed by atoms with Crippen molar-refractivity contribution in [2.45, 2.75) is 43.8 Å². The lowest BCUT2D eigenvalue weighted by atomic mass is 9.92. The minimum absolute atomic E-state index is 0.0656. The molecule has 5 rings (SSSR count). The monoisotopic (exact) mass is 352 g/mol. The van der Waals surface area contributed by atoms with Crippen LogP contribution in [0.1, 0.15) is 41.7 Å². The molecule has 4 heterocycles. The SMILES string of the molecule is O=C(NC12CCCC1N(Cc1ccon1)CC2)c1cnc2nc[nH]c2c1. The third kappa shape index (κ3) is 2.48. The van der Waals surface area contributed by atoms with Gasteiger partial charge in [0.15, 0.2) is 5.65 Å². The van der Waals surface area contributed by atoms with Crippen LogP contribution in [0.3, 0.4) is 0 Å². The molecule has 2 atom stereocenters. The van der Waals surface area contributed by atoms with Crippen molar-refractivity contribution in [1.82, 2.24) is 30.3 Å². The van der Waals surface area contributed by atoms with Gasteiger partial charge in [-0.05, 0) is 31.7 Å². The van der Waals surface area contributed by atoms with Gasteiger partial charge < -0.3 is 14.8 Å². The van der Waals surface area contributed by atoms with Crippen LogP contribution in [0.25, 0.3) is 11.2 Å². The summed E-state index contributed by atoms with van der Waals surface area (Å²) in [6.45, 7) is 1.72. The van der Waals surface area contributed by atoms with E-state index in [1.807, 2.05) is 12.1 Å². The third-order valence-corrected chi connectivity index (χ3v) is 5.78. The molecule has 0 bridgehead atoms. The molecule has 3 aromatic heterocycles. The maximum absolute atomic E-state index is 12.9. The zero-order chi connectivity index (χ0) is 17.6. The van der Waals surface area contributed by atoms with Gasteiger partial charge in [-0.3, -0.25) is 9.69 Å². The topological polar surface area (TPSA) is 99.9 Å². The number of hydrogen-bond acceptors (Lipinski definition) is 6. The highest BCUT2D eigenvalue weighted by Crippen LogP contribution is 2.42. The quantitative estimate of drug-likeness (QED) is 0.744. The maximum atomic E-state index is 12.9. The van der Waals surface area contributed by atoms with Crippen molar-refractivity contribution < 1.29 is 9.32 Å². The molecule has 0 aromatic carbocycles. The number of pyridine rings is 1. The Morgan fingerprint density at radius 2 is 2.38 bits per heavy atom. The molecule has 8 nitrogen and oxygen atoms in total. The van der Waals surface area contributed by atoms with Crippen molar-refractivity contribution >= 4 is 17.1 Å². The first-order valence-corrected chi connectivity index (χ1v) is 8.98. The standard InChI is InChI=1S/C18H20N6O2/c25-17(12-8-14-16(19-9-12)21-11-20-14)22-18-4-1-2-15(18)24(6-5-18)10-13-3-7-26-23-13/h3,7-9,11,15H,1-2,4-6,10H2,(H,22,25)(H,19,20,21). The fourth-order valence-electron chi connectivity index (χ4n) is 4.55. The molecule has 2 fully saturated rings. The van der Waals surface area contributed by atoms with Gasteiger partial charge >= 0.3 is 0 Å². The van der Waals surface area contributed by atoms with E-state index < -0.39 is 0 Å². The number of nitrogens with zero attached hydrogens (tertiary/aromatic N) is 4. The second-order valence-electron chi connectivity index (χ2n) is 7.23. The molecule has 26 heavy (non-hydrogen) atoms. The summed E-state index contributed by atoms with van der Waals surface area (Å²) in [4.78, 5) is 26.7. The zero-order valence-electron chi connectivity index (χ0n) is 14.3. The lowest BCUT2D eigenvalue weighted by Gasteiger charge is -2.33. The van der Waals surface area contributed by atoms with Gasteiger partial charge in [-0.15, -0.1) is 0 Å². The van der Waals surface area contributed by atoms with E-state index in [9.17, 15) is 4.79 Å². The number of carbonyl (C=O) groups excluding carboxylic acids is 1. The number of aromatic nitrogens is 4. The van der Waals surface area contributed by atoms with Crippen molar-refractivity contribution in [3.63, 3.8) is 0 Å². The molecular formula is C18H20N6O2. The Bertz CT molecular complexity index is 936. The number of imidazole rings is 1. The number of fused-ring (bicyclic) bond motifs is 2. The smallest absolute Gasteiger partial charge is 0.253 e. The normalized spacial score (nSPS) is 25.6. The number of H-pyrrole nitrogens is 1. The predicted octanol–water partition coefficient (Wildman–Crippen LogP) is 1.87. The molecular weight excluding hydrogens is 332 g/mol. The Kier molecular flexibility index (Phi) is 3.53. The van der Waals surface area contributed by atoms with Crippen molar-refractivity contribution in [2.75, 3.05) is 6.54 Å². The van der Waals surface area contributed by atoms with Gasteiger partial charge in [-0.25, -0.2) is 9.97 Å². The first kappa shape index (κ1) is 15.5. The van der Waals surface area contributed by atoms with Crippen LogP contribution in [0, 0.1) is 0 Å². The van der Waals surface area contributed by atoms with E-state index in [1.165, 1.54) is 0 Å². The number of hydrogen-bond donors (Lipinski definition) is 2. The lowest BCUT2D eigenvalue weighted by molar-refractivity contribution is 0.0879. The Labute approximate surface area is 150 Å². The Balaban J connectivity index is 1.35. The van der Waals surface area contributed by atoms with Crippen molar-refractivity contribution in [2.24, 2.45) is 0 Å². The Hall–Kier alpha value is -2.74. The van der Waals surface area contributed by atoms with Crippen LogP contribution in [0.2, 0.25) is 0 Å². The van der Waals surface area contributed by atoms with E-state index in [2.05, 4.69) is 30.3 Å². The predicted molar refractivity (Wildman–Crippen MR) is 93.3 cm³/mol. The highest BCUT2D eigenvalue weighted by Gasteiger charge is 2.51. The minimum atomic E-state index is -0.163. The van der Waals surface area contributed by atoms with Gasteiger partial charge in [0, 0.05) is 31.4 Å². The molecule has 1 aliphatic heterocycles. The van der Waals surface area contributed by atoms with E-state index >= 15 is 0 Å². The average molecular weight is 352 g/mol. The summed E-state index contributed by atoms with van der Waals surface area (Å²) in [5.41, 5.74) is 2.74. The van der Waals surface area contributed by atoms with E-state index in [0.717, 1.165) is 50.0 Å². The largest absolute Gasteiger partial charge is 0.364 e. The molecule has 8 heteroatoms. The van der Waals surface area contributed by atoms with Gasteiger partial charge in [0.2, 0.25) is 0 Å². The lowest BCUT2D eigenvalue weighted by Crippen LogP contribution is -2.53. The number of nitrogens with one attached hydrogen (secondary N) is 2. The van der Waals surface area contributed by atoms with E-state index in [0.29, 0.717) is 17.3 Å². The van der Waals surface area contributed by atoms with Crippen LogP contribution in [0.15, 0.2) is 35.4 Å². The first-order chi connectivity index (χ1) is 12.7. The Morgan fingerprint density at radius 1 is 1.42 bits per heavy atom. The molecule has 3 aromatic rings. The van der Waals surface area contributed by atoms with Crippen molar-refractivity contribution in [1.29, 1.82) is 0 Å². The summed E-state index contributed by atoms with van der Waals surface area (Å²) in [6.07, 6.45) is 8.98. The molecule has 134 valence electrons. The summed E-state index contributed by atoms with van der Waals surface area (Å²) in [7, 11) is 0. The van der Waals surface area contributed by atoms with Gasteiger partial charge in [0.1, 0.15) is 6.26 Å². The van der Waals surface area contributed by atoms with E-state index in [1.54, 1.807) is 18.8 Å². The summed E-state index contributed by atoms with van der Waals surface area (Å²) >= 11 is 0. The van der Waals surface area contributed by atoms with Crippen LogP contribution >= 0.6 is 0 Å². The van der Waals surface area contributed by atoms with Crippen molar-refractivity contribution in [3.05, 3.63) is 42.2 Å². The fraction of sp³-hybridized carbons (Fsp3) is 0.444. The average Bonchev–Trinajstić information content (AvgIpc) is 3.40. The summed E-state index contributed by atoms with van der Waals surface area (Å²) in [5, 5.41) is 7.37. The molecule has 2 N–H and O–H groups in total. The Morgan fingerprint density at radius 3 is 3.27 bits per heavy atom. The number of amides is 1. The van der Waals surface area contributed by atoms with E-state index in [-0.39, 0.29) is 11.4 Å². The van der Waals surface area contributed by atoms with Crippen molar-refractivity contribution in [3.8, 4) is 0 Å². The molecule has 1 amide bonds. The summed E-state index contributed by atoms with van der Waals surface area (Å²) in [5.74, 6) is -0.0656. The van der Waals surface area contributed by atoms with Gasteiger partial charge in [0.05, 0.1) is 28.6 Å². The highest BCUT2D eigenvalue weighted by molar-refractivity contribution is 5.96. The first-order valence-electron chi connectivity index (χ1n) is 8.98. The number of rotatable bonds is 4. The van der Waals surface area contributed by atoms with Gasteiger partial charge in [-0.1, -0.05) is 5.16 Å². The molecule has 2 unspecified atom stereocenters. The summed E-state index contributed by atoms with van der Waals surface area (Å²) in [6, 6.07) is 4.05. The van der Waals surface area contributed by atoms with Crippen LogP contribution < -0.4 is 5.32 Å². The van der Waals surface area contributed by atoms with Crippen LogP contribution in [-0.4, -0.2) is 49.0 Å².